The molecule has 0 saturated carbocycles. The van der Waals surface area contributed by atoms with Gasteiger partial charge in [0, 0.05) is 26.2 Å². The Labute approximate surface area is 104 Å². The quantitative estimate of drug-likeness (QED) is 0.712. The van der Waals surface area contributed by atoms with Crippen molar-refractivity contribution >= 4 is 11.6 Å². The summed E-state index contributed by atoms with van der Waals surface area (Å²) in [6.45, 7) is 5.25. The lowest BCUT2D eigenvalue weighted by Crippen LogP contribution is -2.22. The van der Waals surface area contributed by atoms with Crippen molar-refractivity contribution in [2.75, 3.05) is 31.4 Å². The molecule has 0 aliphatic rings. The molecule has 1 rings (SSSR count). The van der Waals surface area contributed by atoms with E-state index in [4.69, 9.17) is 0 Å². The van der Waals surface area contributed by atoms with Gasteiger partial charge in [0.05, 0.1) is 0 Å². The minimum atomic E-state index is 0.894. The van der Waals surface area contributed by atoms with Gasteiger partial charge in [0.2, 0.25) is 0 Å². The third-order valence-corrected chi connectivity index (χ3v) is 2.32. The van der Waals surface area contributed by atoms with Crippen molar-refractivity contribution < 1.29 is 0 Å². The molecule has 0 spiro atoms. The Morgan fingerprint density at radius 2 is 1.82 bits per heavy atom. The van der Waals surface area contributed by atoms with Gasteiger partial charge in [-0.25, -0.2) is 15.0 Å². The van der Waals surface area contributed by atoms with Crippen molar-refractivity contribution in [1.29, 1.82) is 0 Å². The molecule has 0 unspecified atom stereocenters. The van der Waals surface area contributed by atoms with Gasteiger partial charge in [-0.05, 0) is 12.8 Å². The van der Waals surface area contributed by atoms with Gasteiger partial charge in [-0.1, -0.05) is 20.3 Å². The summed E-state index contributed by atoms with van der Waals surface area (Å²) in [5.74, 6) is 1.85. The van der Waals surface area contributed by atoms with E-state index < -0.39 is 0 Å². The maximum atomic E-state index is 4.32. The van der Waals surface area contributed by atoms with Crippen molar-refractivity contribution in [3.8, 4) is 0 Å². The fraction of sp³-hybridized carbons (Fsp3) is 0.667. The van der Waals surface area contributed by atoms with Gasteiger partial charge in [-0.15, -0.1) is 0 Å². The second-order valence-corrected chi connectivity index (χ2v) is 4.23. The van der Waals surface area contributed by atoms with Crippen LogP contribution in [0.4, 0.5) is 11.6 Å². The van der Waals surface area contributed by atoms with Crippen LogP contribution >= 0.6 is 0 Å². The summed E-state index contributed by atoms with van der Waals surface area (Å²) < 4.78 is 0. The van der Waals surface area contributed by atoms with Gasteiger partial charge >= 0.3 is 0 Å². The molecule has 1 heterocycles. The zero-order valence-electron chi connectivity index (χ0n) is 11.2. The van der Waals surface area contributed by atoms with E-state index in [0.717, 1.165) is 43.0 Å². The number of aromatic nitrogens is 2. The molecule has 1 aromatic rings. The van der Waals surface area contributed by atoms with E-state index in [2.05, 4.69) is 34.6 Å². The molecule has 2 N–H and O–H groups in total. The highest BCUT2D eigenvalue weighted by Crippen LogP contribution is 2.21. The van der Waals surface area contributed by atoms with Crippen molar-refractivity contribution in [1.82, 2.24) is 15.0 Å². The number of hydrazine groups is 1. The molecule has 0 saturated heterocycles. The zero-order chi connectivity index (χ0) is 12.7. The molecular formula is C12H23N5. The van der Waals surface area contributed by atoms with Crippen LogP contribution in [0, 0.1) is 0 Å². The van der Waals surface area contributed by atoms with Gasteiger partial charge in [0.15, 0.2) is 0 Å². The maximum Gasteiger partial charge on any atom is 0.149 e. The number of hydrogen-bond acceptors (Lipinski definition) is 5. The third kappa shape index (κ3) is 4.19. The zero-order valence-corrected chi connectivity index (χ0v) is 11.2. The lowest BCUT2D eigenvalue weighted by molar-refractivity contribution is 0.491. The molecule has 17 heavy (non-hydrogen) atoms. The van der Waals surface area contributed by atoms with E-state index in [0.29, 0.717) is 0 Å². The molecule has 0 aliphatic carbocycles. The van der Waals surface area contributed by atoms with Crippen molar-refractivity contribution in [3.63, 3.8) is 0 Å². The minimum absolute atomic E-state index is 0.894. The lowest BCUT2D eigenvalue weighted by Gasteiger charge is -2.18. The van der Waals surface area contributed by atoms with Gasteiger partial charge < -0.3 is 10.7 Å². The van der Waals surface area contributed by atoms with Crippen LogP contribution < -0.4 is 10.7 Å². The number of anilines is 2. The first-order valence-electron chi connectivity index (χ1n) is 6.20. The van der Waals surface area contributed by atoms with Gasteiger partial charge in [0.25, 0.3) is 0 Å². The molecular weight excluding hydrogens is 214 g/mol. The standard InChI is InChI=1S/C12H23N5/c1-5-7-10-11(13-8-6-2)14-9-15-12(10)16-17(3)4/h9H,5-8H2,1-4H3,(H2,13,14,15,16). The molecule has 0 radical (unpaired) electrons. The van der Waals surface area contributed by atoms with E-state index in [-0.39, 0.29) is 0 Å². The Balaban J connectivity index is 2.94. The highest BCUT2D eigenvalue weighted by atomic mass is 15.5. The molecule has 0 bridgehead atoms. The number of nitrogens with one attached hydrogen (secondary N) is 2. The first kappa shape index (κ1) is 13.7. The van der Waals surface area contributed by atoms with Crippen LogP contribution in [0.1, 0.15) is 32.3 Å². The predicted molar refractivity (Wildman–Crippen MR) is 72.1 cm³/mol. The molecule has 0 aliphatic heterocycles. The van der Waals surface area contributed by atoms with Crippen LogP contribution in [0.25, 0.3) is 0 Å². The summed E-state index contributed by atoms with van der Waals surface area (Å²) in [7, 11) is 3.91. The van der Waals surface area contributed by atoms with Crippen LogP contribution in [-0.2, 0) is 6.42 Å². The van der Waals surface area contributed by atoms with E-state index in [1.165, 1.54) is 0 Å². The summed E-state index contributed by atoms with van der Waals surface area (Å²) in [6.07, 6.45) is 4.74. The molecule has 96 valence electrons. The summed E-state index contributed by atoms with van der Waals surface area (Å²) in [4.78, 5) is 8.62. The second-order valence-electron chi connectivity index (χ2n) is 4.23. The highest BCUT2D eigenvalue weighted by Gasteiger charge is 2.10. The Bertz CT molecular complexity index is 338. The fourth-order valence-corrected chi connectivity index (χ4v) is 1.60. The lowest BCUT2D eigenvalue weighted by atomic mass is 10.1. The number of nitrogens with zero attached hydrogens (tertiary/aromatic N) is 3. The molecule has 0 amide bonds. The summed E-state index contributed by atoms with van der Waals surface area (Å²) in [5, 5.41) is 5.25. The van der Waals surface area contributed by atoms with Crippen LogP contribution in [0.2, 0.25) is 0 Å². The van der Waals surface area contributed by atoms with Gasteiger partial charge in [-0.3, -0.25) is 0 Å². The monoisotopic (exact) mass is 237 g/mol. The summed E-state index contributed by atoms with van der Waals surface area (Å²) in [6, 6.07) is 0. The Morgan fingerprint density at radius 3 is 2.41 bits per heavy atom. The van der Waals surface area contributed by atoms with Crippen molar-refractivity contribution in [2.24, 2.45) is 0 Å². The number of hydrogen-bond donors (Lipinski definition) is 2. The molecule has 1 aromatic heterocycles. The average Bonchev–Trinajstić information content (AvgIpc) is 2.29. The van der Waals surface area contributed by atoms with Gasteiger partial charge in [-0.2, -0.15) is 0 Å². The molecule has 5 heteroatoms. The Morgan fingerprint density at radius 1 is 1.12 bits per heavy atom. The highest BCUT2D eigenvalue weighted by molar-refractivity contribution is 5.57. The second kappa shape index (κ2) is 7.06. The fourth-order valence-electron chi connectivity index (χ4n) is 1.60. The van der Waals surface area contributed by atoms with E-state index in [9.17, 15) is 0 Å². The van der Waals surface area contributed by atoms with Crippen molar-refractivity contribution in [2.45, 2.75) is 33.1 Å². The molecule has 5 nitrogen and oxygen atoms in total. The van der Waals surface area contributed by atoms with Crippen LogP contribution in [0.3, 0.4) is 0 Å². The van der Waals surface area contributed by atoms with Crippen LogP contribution in [-0.4, -0.2) is 35.6 Å². The minimum Gasteiger partial charge on any atom is -0.370 e. The maximum absolute atomic E-state index is 4.32. The summed E-state index contributed by atoms with van der Waals surface area (Å²) >= 11 is 0. The first-order valence-corrected chi connectivity index (χ1v) is 6.20. The normalized spacial score (nSPS) is 10.6. The van der Waals surface area contributed by atoms with Crippen LogP contribution in [0.5, 0.6) is 0 Å². The molecule has 0 atom stereocenters. The summed E-state index contributed by atoms with van der Waals surface area (Å²) in [5.41, 5.74) is 4.38. The predicted octanol–water partition coefficient (Wildman–Crippen LogP) is 2.14. The molecule has 0 fully saturated rings. The Hall–Kier alpha value is -1.36. The smallest absolute Gasteiger partial charge is 0.149 e. The van der Waals surface area contributed by atoms with Gasteiger partial charge in [0.1, 0.15) is 18.0 Å². The van der Waals surface area contributed by atoms with E-state index >= 15 is 0 Å². The van der Waals surface area contributed by atoms with E-state index in [1.54, 1.807) is 6.33 Å². The SMILES string of the molecule is CCCNc1ncnc(NN(C)C)c1CCC. The first-order chi connectivity index (χ1) is 8.19. The number of rotatable bonds is 7. The topological polar surface area (TPSA) is 53.1 Å². The Kier molecular flexibility index (Phi) is 5.69. The third-order valence-electron chi connectivity index (χ3n) is 2.32. The van der Waals surface area contributed by atoms with Crippen LogP contribution in [0.15, 0.2) is 6.33 Å². The van der Waals surface area contributed by atoms with Crippen molar-refractivity contribution in [3.05, 3.63) is 11.9 Å². The van der Waals surface area contributed by atoms with E-state index in [1.807, 2.05) is 19.1 Å². The average molecular weight is 237 g/mol. The largest absolute Gasteiger partial charge is 0.370 e. The molecule has 0 aromatic carbocycles.